The van der Waals surface area contributed by atoms with E-state index >= 15 is 0 Å². The summed E-state index contributed by atoms with van der Waals surface area (Å²) >= 11 is 0. The van der Waals surface area contributed by atoms with E-state index in [0.29, 0.717) is 6.42 Å². The number of nitrogens with two attached hydrogens (primary N) is 2. The lowest BCUT2D eigenvalue weighted by atomic mass is 9.94. The summed E-state index contributed by atoms with van der Waals surface area (Å²) in [7, 11) is 1.31. The summed E-state index contributed by atoms with van der Waals surface area (Å²) in [6.45, 7) is 3.64. The van der Waals surface area contributed by atoms with E-state index in [9.17, 15) is 4.79 Å². The van der Waals surface area contributed by atoms with E-state index in [1.807, 2.05) is 25.1 Å². The molecule has 0 saturated heterocycles. The number of benzene rings is 2. The first kappa shape index (κ1) is 20.7. The largest absolute Gasteiger partial charge is 0.508 e. The second kappa shape index (κ2) is 9.81. The van der Waals surface area contributed by atoms with Crippen molar-refractivity contribution in [2.45, 2.75) is 38.3 Å². The number of phenols is 1. The lowest BCUT2D eigenvalue weighted by Gasteiger charge is -2.21. The highest BCUT2D eigenvalue weighted by Gasteiger charge is 2.29. The normalized spacial score (nSPS) is 13.8. The average Bonchev–Trinajstić information content (AvgIpc) is 2.57. The molecule has 0 heterocycles. The number of rotatable bonds is 5. The van der Waals surface area contributed by atoms with Crippen LogP contribution in [0.2, 0.25) is 0 Å². The Morgan fingerprint density at radius 3 is 2.16 bits per heavy atom. The van der Waals surface area contributed by atoms with Crippen LogP contribution in [-0.2, 0) is 22.4 Å². The zero-order chi connectivity index (χ0) is 18.9. The van der Waals surface area contributed by atoms with Gasteiger partial charge in [0.1, 0.15) is 11.3 Å². The topological polar surface area (TPSA) is 98.6 Å². The van der Waals surface area contributed by atoms with Crippen LogP contribution in [0.15, 0.2) is 54.6 Å². The molecule has 5 N–H and O–H groups in total. The quantitative estimate of drug-likeness (QED) is 0.724. The summed E-state index contributed by atoms with van der Waals surface area (Å²) in [5.74, 6) is -0.258. The number of hydrogen-bond acceptors (Lipinski definition) is 5. The van der Waals surface area contributed by atoms with Crippen molar-refractivity contribution >= 4 is 5.97 Å². The van der Waals surface area contributed by atoms with Crippen molar-refractivity contribution in [2.75, 3.05) is 7.11 Å². The van der Waals surface area contributed by atoms with E-state index in [0.717, 1.165) is 12.0 Å². The maximum atomic E-state index is 11.3. The van der Waals surface area contributed by atoms with Crippen LogP contribution in [0.5, 0.6) is 5.75 Å². The molecule has 0 saturated carbocycles. The van der Waals surface area contributed by atoms with E-state index in [1.54, 1.807) is 31.2 Å². The van der Waals surface area contributed by atoms with Gasteiger partial charge in [0.15, 0.2) is 0 Å². The van der Waals surface area contributed by atoms with Gasteiger partial charge in [0.25, 0.3) is 0 Å². The highest BCUT2D eigenvalue weighted by atomic mass is 16.5. The summed E-state index contributed by atoms with van der Waals surface area (Å²) in [4.78, 5) is 11.3. The summed E-state index contributed by atoms with van der Waals surface area (Å²) in [5, 5.41) is 9.09. The van der Waals surface area contributed by atoms with Crippen molar-refractivity contribution in [3.05, 3.63) is 65.7 Å². The molecule has 25 heavy (non-hydrogen) atoms. The van der Waals surface area contributed by atoms with Gasteiger partial charge in [-0.15, -0.1) is 0 Å². The molecule has 5 nitrogen and oxygen atoms in total. The number of carbonyl (C=O) groups excluding carboxylic acids is 1. The Balaban J connectivity index is 0.000000271. The van der Waals surface area contributed by atoms with Gasteiger partial charge in [-0.05, 0) is 43.5 Å². The van der Waals surface area contributed by atoms with Crippen molar-refractivity contribution < 1.29 is 14.6 Å². The van der Waals surface area contributed by atoms with E-state index in [2.05, 4.69) is 16.9 Å². The molecule has 0 fully saturated rings. The molecule has 0 aliphatic rings. The Labute approximate surface area is 149 Å². The maximum Gasteiger partial charge on any atom is 0.325 e. The maximum absolute atomic E-state index is 11.3. The third kappa shape index (κ3) is 7.83. The molecule has 0 amide bonds. The van der Waals surface area contributed by atoms with Gasteiger partial charge in [-0.25, -0.2) is 0 Å². The number of methoxy groups -OCH3 is 1. The SMILES string of the molecule is CC(N)Cc1ccccc1.COC(=O)C(C)(N)Cc1ccc(O)cc1. The number of aromatic hydroxyl groups is 1. The molecular weight excluding hydrogens is 316 g/mol. The van der Waals surface area contributed by atoms with Gasteiger partial charge in [-0.2, -0.15) is 0 Å². The second-order valence-electron chi connectivity index (χ2n) is 6.42. The molecule has 2 rings (SSSR count). The van der Waals surface area contributed by atoms with Crippen LogP contribution in [0.25, 0.3) is 0 Å². The minimum absolute atomic E-state index is 0.190. The van der Waals surface area contributed by atoms with Crippen LogP contribution in [0, 0.1) is 0 Å². The molecule has 0 radical (unpaired) electrons. The Morgan fingerprint density at radius 1 is 1.12 bits per heavy atom. The first-order valence-corrected chi connectivity index (χ1v) is 8.19. The molecule has 0 spiro atoms. The third-order valence-corrected chi connectivity index (χ3v) is 3.56. The summed E-state index contributed by atoms with van der Waals surface area (Å²) in [6.07, 6.45) is 1.35. The van der Waals surface area contributed by atoms with Crippen molar-refractivity contribution in [2.24, 2.45) is 11.5 Å². The van der Waals surface area contributed by atoms with E-state index < -0.39 is 11.5 Å². The molecule has 2 aromatic rings. The first-order chi connectivity index (χ1) is 11.7. The monoisotopic (exact) mass is 344 g/mol. The minimum Gasteiger partial charge on any atom is -0.508 e. The fourth-order valence-corrected chi connectivity index (χ4v) is 2.33. The highest BCUT2D eigenvalue weighted by Crippen LogP contribution is 2.15. The van der Waals surface area contributed by atoms with Gasteiger partial charge in [0.2, 0.25) is 0 Å². The standard InChI is InChI=1S/C11H15NO3.C9H13N/c1-11(12,10(14)15-2)7-8-3-5-9(13)6-4-8;1-8(10)7-9-5-3-2-4-6-9/h3-6,13H,7,12H2,1-2H3;2-6,8H,7,10H2,1H3. The molecule has 2 atom stereocenters. The number of phenolic OH excluding ortho intramolecular Hbond substituents is 1. The molecule has 0 aromatic heterocycles. The molecule has 5 heteroatoms. The van der Waals surface area contributed by atoms with E-state index in [1.165, 1.54) is 12.7 Å². The van der Waals surface area contributed by atoms with Crippen LogP contribution < -0.4 is 11.5 Å². The van der Waals surface area contributed by atoms with E-state index in [-0.39, 0.29) is 11.8 Å². The number of carbonyl (C=O) groups is 1. The second-order valence-corrected chi connectivity index (χ2v) is 6.42. The predicted octanol–water partition coefficient (Wildman–Crippen LogP) is 2.40. The molecule has 0 aliphatic carbocycles. The van der Waals surface area contributed by atoms with Gasteiger partial charge in [-0.1, -0.05) is 42.5 Å². The fraction of sp³-hybridized carbons (Fsp3) is 0.350. The molecular formula is C20H28N2O3. The Kier molecular flexibility index (Phi) is 8.11. The lowest BCUT2D eigenvalue weighted by Crippen LogP contribution is -2.47. The zero-order valence-electron chi connectivity index (χ0n) is 15.1. The van der Waals surface area contributed by atoms with Gasteiger partial charge in [0, 0.05) is 12.5 Å². The number of ether oxygens (including phenoxy) is 1. The summed E-state index contributed by atoms with van der Waals surface area (Å²) < 4.78 is 4.60. The Bertz CT molecular complexity index is 638. The minimum atomic E-state index is -1.04. The molecule has 0 bridgehead atoms. The van der Waals surface area contributed by atoms with Gasteiger partial charge < -0.3 is 21.3 Å². The van der Waals surface area contributed by atoms with Gasteiger partial charge in [-0.3, -0.25) is 4.79 Å². The third-order valence-electron chi connectivity index (χ3n) is 3.56. The van der Waals surface area contributed by atoms with Crippen molar-refractivity contribution in [1.29, 1.82) is 0 Å². The van der Waals surface area contributed by atoms with Crippen LogP contribution in [0.4, 0.5) is 0 Å². The smallest absolute Gasteiger partial charge is 0.325 e. The molecule has 136 valence electrons. The first-order valence-electron chi connectivity index (χ1n) is 8.19. The Morgan fingerprint density at radius 2 is 1.68 bits per heavy atom. The summed E-state index contributed by atoms with van der Waals surface area (Å²) in [6, 6.07) is 17.1. The number of hydrogen-bond donors (Lipinski definition) is 3. The molecule has 2 unspecified atom stereocenters. The average molecular weight is 344 g/mol. The predicted molar refractivity (Wildman–Crippen MR) is 100 cm³/mol. The van der Waals surface area contributed by atoms with Crippen molar-refractivity contribution in [1.82, 2.24) is 0 Å². The van der Waals surface area contributed by atoms with Gasteiger partial charge in [0.05, 0.1) is 7.11 Å². The fourth-order valence-electron chi connectivity index (χ4n) is 2.33. The molecule has 0 aliphatic heterocycles. The highest BCUT2D eigenvalue weighted by molar-refractivity contribution is 5.80. The summed E-state index contributed by atoms with van der Waals surface area (Å²) in [5.41, 5.74) is 12.6. The Hall–Kier alpha value is -2.37. The lowest BCUT2D eigenvalue weighted by molar-refractivity contribution is -0.146. The van der Waals surface area contributed by atoms with Crippen LogP contribution in [0.3, 0.4) is 0 Å². The van der Waals surface area contributed by atoms with Crippen molar-refractivity contribution in [3.63, 3.8) is 0 Å². The van der Waals surface area contributed by atoms with Gasteiger partial charge >= 0.3 is 5.97 Å². The molecule has 2 aromatic carbocycles. The zero-order valence-corrected chi connectivity index (χ0v) is 15.1. The van der Waals surface area contributed by atoms with Crippen LogP contribution in [0.1, 0.15) is 25.0 Å². The number of esters is 1. The van der Waals surface area contributed by atoms with Crippen molar-refractivity contribution in [3.8, 4) is 5.75 Å². The van der Waals surface area contributed by atoms with Crippen LogP contribution in [-0.4, -0.2) is 29.8 Å². The van der Waals surface area contributed by atoms with Crippen LogP contribution >= 0.6 is 0 Å². The van der Waals surface area contributed by atoms with E-state index in [4.69, 9.17) is 16.6 Å².